The third kappa shape index (κ3) is 2.84. The number of aromatic nitrogens is 3. The van der Waals surface area contributed by atoms with Gasteiger partial charge in [-0.05, 0) is 36.2 Å². The van der Waals surface area contributed by atoms with Gasteiger partial charge in [0.1, 0.15) is 5.82 Å². The van der Waals surface area contributed by atoms with Crippen LogP contribution in [0.3, 0.4) is 0 Å². The van der Waals surface area contributed by atoms with Gasteiger partial charge in [0.2, 0.25) is 0 Å². The Hall–Kier alpha value is -1.81. The molecule has 0 amide bonds. The molecule has 0 atom stereocenters. The van der Waals surface area contributed by atoms with Gasteiger partial charge >= 0.3 is 0 Å². The summed E-state index contributed by atoms with van der Waals surface area (Å²) in [5.41, 5.74) is 7.71. The van der Waals surface area contributed by atoms with Gasteiger partial charge in [-0.1, -0.05) is 0 Å². The van der Waals surface area contributed by atoms with Crippen LogP contribution in [-0.4, -0.2) is 21.5 Å². The molecule has 2 heterocycles. The van der Waals surface area contributed by atoms with Crippen molar-refractivity contribution in [3.8, 4) is 0 Å². The monoisotopic (exact) mass is 214 g/mol. The van der Waals surface area contributed by atoms with Gasteiger partial charge in [-0.3, -0.25) is 4.98 Å². The van der Waals surface area contributed by atoms with Gasteiger partial charge in [0, 0.05) is 31.2 Å². The summed E-state index contributed by atoms with van der Waals surface area (Å²) in [7, 11) is 0. The van der Waals surface area contributed by atoms with Crippen LogP contribution in [0.2, 0.25) is 0 Å². The quantitative estimate of drug-likeness (QED) is 0.823. The van der Waals surface area contributed by atoms with Crippen LogP contribution in [0.25, 0.3) is 0 Å². The number of nitrogens with two attached hydrogens (primary N) is 1. The average Bonchev–Trinajstić information content (AvgIpc) is 2.33. The van der Waals surface area contributed by atoms with E-state index in [1.807, 2.05) is 24.5 Å². The Morgan fingerprint density at radius 1 is 1.00 bits per heavy atom. The van der Waals surface area contributed by atoms with E-state index in [0.717, 1.165) is 24.2 Å². The first kappa shape index (κ1) is 10.7. The van der Waals surface area contributed by atoms with E-state index in [-0.39, 0.29) is 0 Å². The Kier molecular flexibility index (Phi) is 3.56. The largest absolute Gasteiger partial charge is 0.330 e. The molecule has 0 saturated carbocycles. The van der Waals surface area contributed by atoms with Crippen molar-refractivity contribution < 1.29 is 0 Å². The predicted molar refractivity (Wildman–Crippen MR) is 61.8 cm³/mol. The number of pyridine rings is 1. The maximum absolute atomic E-state index is 5.46. The molecule has 2 aromatic rings. The van der Waals surface area contributed by atoms with E-state index in [1.165, 1.54) is 5.56 Å². The fraction of sp³-hybridized carbons (Fsp3) is 0.250. The third-order valence-corrected chi connectivity index (χ3v) is 2.30. The lowest BCUT2D eigenvalue weighted by Gasteiger charge is -2.01. The lowest BCUT2D eigenvalue weighted by atomic mass is 10.2. The summed E-state index contributed by atoms with van der Waals surface area (Å²) >= 11 is 0. The fourth-order valence-electron chi connectivity index (χ4n) is 1.45. The van der Waals surface area contributed by atoms with Crippen LogP contribution in [0.5, 0.6) is 0 Å². The van der Waals surface area contributed by atoms with Gasteiger partial charge in [-0.25, -0.2) is 9.97 Å². The van der Waals surface area contributed by atoms with Crippen LogP contribution in [0.1, 0.15) is 17.0 Å². The summed E-state index contributed by atoms with van der Waals surface area (Å²) in [6.07, 6.45) is 8.81. The molecule has 0 spiro atoms. The SMILES string of the molecule is NCCc1cnc(Cc2ccncc2)nc1. The molecule has 2 rings (SSSR count). The lowest BCUT2D eigenvalue weighted by molar-refractivity contribution is 0.900. The van der Waals surface area contributed by atoms with Crippen LogP contribution >= 0.6 is 0 Å². The second-order valence-electron chi connectivity index (χ2n) is 3.58. The van der Waals surface area contributed by atoms with Gasteiger partial charge in [0.25, 0.3) is 0 Å². The van der Waals surface area contributed by atoms with Crippen LogP contribution in [0.4, 0.5) is 0 Å². The molecule has 0 radical (unpaired) electrons. The Morgan fingerprint density at radius 2 is 1.69 bits per heavy atom. The van der Waals surface area contributed by atoms with Crippen molar-refractivity contribution in [3.63, 3.8) is 0 Å². The number of nitrogens with zero attached hydrogens (tertiary/aromatic N) is 3. The smallest absolute Gasteiger partial charge is 0.132 e. The molecule has 16 heavy (non-hydrogen) atoms. The molecule has 0 fully saturated rings. The Bertz CT molecular complexity index is 425. The second kappa shape index (κ2) is 5.32. The maximum Gasteiger partial charge on any atom is 0.132 e. The number of hydrogen-bond donors (Lipinski definition) is 1. The van der Waals surface area contributed by atoms with E-state index < -0.39 is 0 Å². The summed E-state index contributed by atoms with van der Waals surface area (Å²) in [5.74, 6) is 0.826. The van der Waals surface area contributed by atoms with Crippen molar-refractivity contribution >= 4 is 0 Å². The topological polar surface area (TPSA) is 64.7 Å². The molecule has 4 nitrogen and oxygen atoms in total. The van der Waals surface area contributed by atoms with Crippen molar-refractivity contribution in [1.29, 1.82) is 0 Å². The summed E-state index contributed by atoms with van der Waals surface area (Å²) in [4.78, 5) is 12.6. The highest BCUT2D eigenvalue weighted by Crippen LogP contribution is 2.04. The first-order valence-corrected chi connectivity index (χ1v) is 5.27. The van der Waals surface area contributed by atoms with Crippen molar-refractivity contribution in [2.45, 2.75) is 12.8 Å². The molecule has 0 aliphatic heterocycles. The third-order valence-electron chi connectivity index (χ3n) is 2.30. The minimum absolute atomic E-state index is 0.632. The first-order valence-electron chi connectivity index (χ1n) is 5.27. The zero-order chi connectivity index (χ0) is 11.2. The summed E-state index contributed by atoms with van der Waals surface area (Å²) in [6, 6.07) is 3.94. The van der Waals surface area contributed by atoms with Gasteiger partial charge < -0.3 is 5.73 Å². The summed E-state index contributed by atoms with van der Waals surface area (Å²) in [6.45, 7) is 0.632. The minimum atomic E-state index is 0.632. The number of hydrogen-bond acceptors (Lipinski definition) is 4. The normalized spacial score (nSPS) is 10.3. The highest BCUT2D eigenvalue weighted by molar-refractivity contribution is 5.16. The zero-order valence-corrected chi connectivity index (χ0v) is 9.00. The van der Waals surface area contributed by atoms with Gasteiger partial charge in [-0.15, -0.1) is 0 Å². The molecular weight excluding hydrogens is 200 g/mol. The molecule has 0 aliphatic rings. The van der Waals surface area contributed by atoms with E-state index in [9.17, 15) is 0 Å². The number of rotatable bonds is 4. The van der Waals surface area contributed by atoms with E-state index in [0.29, 0.717) is 6.54 Å². The van der Waals surface area contributed by atoms with Crippen molar-refractivity contribution in [3.05, 3.63) is 53.9 Å². The summed E-state index contributed by atoms with van der Waals surface area (Å²) < 4.78 is 0. The molecule has 0 aliphatic carbocycles. The highest BCUT2D eigenvalue weighted by Gasteiger charge is 1.99. The van der Waals surface area contributed by atoms with E-state index in [4.69, 9.17) is 5.73 Å². The Labute approximate surface area is 94.6 Å². The van der Waals surface area contributed by atoms with Crippen LogP contribution in [0.15, 0.2) is 36.9 Å². The molecule has 2 N–H and O–H groups in total. The zero-order valence-electron chi connectivity index (χ0n) is 9.00. The van der Waals surface area contributed by atoms with E-state index >= 15 is 0 Å². The molecule has 0 saturated heterocycles. The van der Waals surface area contributed by atoms with Crippen LogP contribution in [-0.2, 0) is 12.8 Å². The van der Waals surface area contributed by atoms with Crippen molar-refractivity contribution in [1.82, 2.24) is 15.0 Å². The van der Waals surface area contributed by atoms with Crippen LogP contribution < -0.4 is 5.73 Å². The van der Waals surface area contributed by atoms with Crippen molar-refractivity contribution in [2.24, 2.45) is 5.73 Å². The lowest BCUT2D eigenvalue weighted by Crippen LogP contribution is -2.04. The average molecular weight is 214 g/mol. The Morgan fingerprint density at radius 3 is 2.31 bits per heavy atom. The minimum Gasteiger partial charge on any atom is -0.330 e. The van der Waals surface area contributed by atoms with Crippen molar-refractivity contribution in [2.75, 3.05) is 6.54 Å². The standard InChI is InChI=1S/C12H14N4/c13-4-1-11-8-15-12(16-9-11)7-10-2-5-14-6-3-10/h2-3,5-6,8-9H,1,4,7,13H2. The molecule has 0 bridgehead atoms. The highest BCUT2D eigenvalue weighted by atomic mass is 14.9. The van der Waals surface area contributed by atoms with Gasteiger partial charge in [-0.2, -0.15) is 0 Å². The van der Waals surface area contributed by atoms with E-state index in [2.05, 4.69) is 15.0 Å². The molecule has 0 unspecified atom stereocenters. The fourth-order valence-corrected chi connectivity index (χ4v) is 1.45. The second-order valence-corrected chi connectivity index (χ2v) is 3.58. The summed E-state index contributed by atoms with van der Waals surface area (Å²) in [5, 5.41) is 0. The molecule has 2 aromatic heterocycles. The van der Waals surface area contributed by atoms with Crippen LogP contribution in [0, 0.1) is 0 Å². The maximum atomic E-state index is 5.46. The molecule has 0 aromatic carbocycles. The Balaban J connectivity index is 2.05. The van der Waals surface area contributed by atoms with Gasteiger partial charge in [0.05, 0.1) is 0 Å². The van der Waals surface area contributed by atoms with Gasteiger partial charge in [0.15, 0.2) is 0 Å². The predicted octanol–water partition coefficient (Wildman–Crippen LogP) is 0.964. The molecular formula is C12H14N4. The molecule has 82 valence electrons. The molecule has 4 heteroatoms. The van der Waals surface area contributed by atoms with E-state index in [1.54, 1.807) is 12.4 Å². The first-order chi connectivity index (χ1) is 7.88.